The van der Waals surface area contributed by atoms with Crippen molar-refractivity contribution in [2.75, 3.05) is 7.11 Å². The van der Waals surface area contributed by atoms with Crippen LogP contribution in [0, 0.1) is 0 Å². The van der Waals surface area contributed by atoms with Crippen LogP contribution in [0.15, 0.2) is 23.1 Å². The summed E-state index contributed by atoms with van der Waals surface area (Å²) in [5.74, 6) is 0.170. The van der Waals surface area contributed by atoms with Crippen molar-refractivity contribution in [1.29, 1.82) is 0 Å². The first-order valence-electron chi connectivity index (χ1n) is 7.21. The number of nitrogens with one attached hydrogen (secondary N) is 1. The maximum absolute atomic E-state index is 12.5. The average molecular weight is 311 g/mol. The Hall–Kier alpha value is -1.40. The van der Waals surface area contributed by atoms with Gasteiger partial charge in [-0.1, -0.05) is 19.8 Å². The fourth-order valence-corrected chi connectivity index (χ4v) is 4.09. The van der Waals surface area contributed by atoms with E-state index in [0.29, 0.717) is 12.0 Å². The third-order valence-corrected chi connectivity index (χ3v) is 5.31. The number of sulfonamides is 1. The lowest BCUT2D eigenvalue weighted by Crippen LogP contribution is -2.33. The molecule has 1 saturated carbocycles. The van der Waals surface area contributed by atoms with Crippen LogP contribution in [-0.4, -0.2) is 27.4 Å². The summed E-state index contributed by atoms with van der Waals surface area (Å²) in [7, 11) is -2.26. The van der Waals surface area contributed by atoms with Crippen molar-refractivity contribution in [1.82, 2.24) is 4.72 Å². The maximum atomic E-state index is 12.5. The van der Waals surface area contributed by atoms with Crippen molar-refractivity contribution in [3.8, 4) is 5.75 Å². The molecule has 116 valence electrons. The van der Waals surface area contributed by atoms with Crippen molar-refractivity contribution >= 4 is 15.8 Å². The molecule has 0 unspecified atom stereocenters. The summed E-state index contributed by atoms with van der Waals surface area (Å²) in [6.45, 7) is 1.75. The monoisotopic (exact) mass is 311 g/mol. The van der Waals surface area contributed by atoms with Gasteiger partial charge in [-0.05, 0) is 31.0 Å². The highest BCUT2D eigenvalue weighted by atomic mass is 32.2. The number of rotatable bonds is 6. The lowest BCUT2D eigenvalue weighted by molar-refractivity contribution is 0.0988. The molecule has 1 fully saturated rings. The number of hydrogen-bond acceptors (Lipinski definition) is 4. The Kier molecular flexibility index (Phi) is 5.00. The van der Waals surface area contributed by atoms with E-state index in [4.69, 9.17) is 4.74 Å². The Morgan fingerprint density at radius 1 is 1.33 bits per heavy atom. The molecule has 0 amide bonds. The first-order valence-corrected chi connectivity index (χ1v) is 8.70. The highest BCUT2D eigenvalue weighted by molar-refractivity contribution is 7.89. The van der Waals surface area contributed by atoms with Crippen molar-refractivity contribution in [3.63, 3.8) is 0 Å². The number of ether oxygens (including phenoxy) is 1. The second-order valence-corrected chi connectivity index (χ2v) is 6.93. The summed E-state index contributed by atoms with van der Waals surface area (Å²) >= 11 is 0. The largest absolute Gasteiger partial charge is 0.495 e. The molecule has 0 saturated heterocycles. The third-order valence-electron chi connectivity index (χ3n) is 3.77. The number of benzene rings is 1. The van der Waals surface area contributed by atoms with Gasteiger partial charge in [0.15, 0.2) is 5.78 Å². The number of Topliss-reactive ketones (excluding diaryl/α,β-unsaturated/α-hetero) is 1. The van der Waals surface area contributed by atoms with Crippen molar-refractivity contribution in [3.05, 3.63) is 23.8 Å². The molecule has 0 bridgehead atoms. The van der Waals surface area contributed by atoms with Crippen LogP contribution in [-0.2, 0) is 10.0 Å². The highest BCUT2D eigenvalue weighted by Crippen LogP contribution is 2.27. The molecular formula is C15H21NO4S. The van der Waals surface area contributed by atoms with Crippen LogP contribution in [0.2, 0.25) is 0 Å². The van der Waals surface area contributed by atoms with Gasteiger partial charge >= 0.3 is 0 Å². The molecule has 0 aromatic heterocycles. The second-order valence-electron chi connectivity index (χ2n) is 5.25. The van der Waals surface area contributed by atoms with E-state index < -0.39 is 10.0 Å². The Morgan fingerprint density at radius 3 is 2.57 bits per heavy atom. The second kappa shape index (κ2) is 6.58. The number of hydrogen-bond donors (Lipinski definition) is 1. The smallest absolute Gasteiger partial charge is 0.244 e. The summed E-state index contributed by atoms with van der Waals surface area (Å²) in [6.07, 6.45) is 4.13. The summed E-state index contributed by atoms with van der Waals surface area (Å²) in [4.78, 5) is 11.8. The van der Waals surface area contributed by atoms with Crippen LogP contribution in [0.4, 0.5) is 0 Å². The van der Waals surface area contributed by atoms with E-state index in [1.165, 1.54) is 19.2 Å². The van der Waals surface area contributed by atoms with Crippen molar-refractivity contribution < 1.29 is 17.9 Å². The molecule has 5 nitrogen and oxygen atoms in total. The molecule has 0 aliphatic heterocycles. The van der Waals surface area contributed by atoms with Crippen LogP contribution in [0.1, 0.15) is 49.4 Å². The third kappa shape index (κ3) is 3.63. The zero-order valence-corrected chi connectivity index (χ0v) is 13.2. The average Bonchev–Trinajstić information content (AvgIpc) is 2.97. The van der Waals surface area contributed by atoms with E-state index in [9.17, 15) is 13.2 Å². The zero-order valence-electron chi connectivity index (χ0n) is 12.4. The fourth-order valence-electron chi connectivity index (χ4n) is 2.59. The number of ketones is 1. The van der Waals surface area contributed by atoms with Gasteiger partial charge in [-0.2, -0.15) is 0 Å². The van der Waals surface area contributed by atoms with Crippen LogP contribution >= 0.6 is 0 Å². The van der Waals surface area contributed by atoms with Crippen molar-refractivity contribution in [2.24, 2.45) is 0 Å². The molecule has 1 aromatic carbocycles. The SMILES string of the molecule is CCC(=O)c1ccc(OC)c(S(=O)(=O)NC2CCCC2)c1. The molecule has 1 aromatic rings. The maximum Gasteiger partial charge on any atom is 0.244 e. The number of carbonyl (C=O) groups is 1. The number of carbonyl (C=O) groups excluding carboxylic acids is 1. The van der Waals surface area contributed by atoms with E-state index in [2.05, 4.69) is 4.72 Å². The minimum atomic E-state index is -3.68. The Morgan fingerprint density at radius 2 is 2.00 bits per heavy atom. The van der Waals surface area contributed by atoms with Gasteiger partial charge in [0.2, 0.25) is 10.0 Å². The zero-order chi connectivity index (χ0) is 15.5. The van der Waals surface area contributed by atoms with Crippen LogP contribution < -0.4 is 9.46 Å². The number of methoxy groups -OCH3 is 1. The van der Waals surface area contributed by atoms with Gasteiger partial charge in [-0.25, -0.2) is 13.1 Å². The predicted molar refractivity (Wildman–Crippen MR) is 80.2 cm³/mol. The van der Waals surface area contributed by atoms with Gasteiger partial charge in [0.1, 0.15) is 10.6 Å². The predicted octanol–water partition coefficient (Wildman–Crippen LogP) is 2.51. The van der Waals surface area contributed by atoms with Crippen LogP contribution in [0.3, 0.4) is 0 Å². The normalized spacial score (nSPS) is 16.1. The Bertz CT molecular complexity index is 619. The lowest BCUT2D eigenvalue weighted by atomic mass is 10.1. The topological polar surface area (TPSA) is 72.5 Å². The van der Waals surface area contributed by atoms with Gasteiger partial charge < -0.3 is 4.74 Å². The molecule has 1 N–H and O–H groups in total. The summed E-state index contributed by atoms with van der Waals surface area (Å²) < 4.78 is 32.9. The Labute approximate surface area is 125 Å². The molecule has 0 spiro atoms. The summed E-state index contributed by atoms with van der Waals surface area (Å²) in [5.41, 5.74) is 0.394. The lowest BCUT2D eigenvalue weighted by Gasteiger charge is -2.15. The van der Waals surface area contributed by atoms with Gasteiger partial charge in [0.05, 0.1) is 7.11 Å². The van der Waals surface area contributed by atoms with Crippen LogP contribution in [0.5, 0.6) is 5.75 Å². The highest BCUT2D eigenvalue weighted by Gasteiger charge is 2.26. The first-order chi connectivity index (χ1) is 9.97. The fraction of sp³-hybridized carbons (Fsp3) is 0.533. The van der Waals surface area contributed by atoms with Gasteiger partial charge in [-0.3, -0.25) is 4.79 Å². The molecule has 0 heterocycles. The molecule has 0 atom stereocenters. The minimum Gasteiger partial charge on any atom is -0.495 e. The standard InChI is InChI=1S/C15H21NO4S/c1-3-13(17)11-8-9-14(20-2)15(10-11)21(18,19)16-12-6-4-5-7-12/h8-10,12,16H,3-7H2,1-2H3. The molecule has 1 aliphatic carbocycles. The Balaban J connectivity index is 2.36. The van der Waals surface area contributed by atoms with E-state index in [-0.39, 0.29) is 22.5 Å². The summed E-state index contributed by atoms with van der Waals surface area (Å²) in [5, 5.41) is 0. The summed E-state index contributed by atoms with van der Waals surface area (Å²) in [6, 6.07) is 4.51. The molecule has 2 rings (SSSR count). The van der Waals surface area contributed by atoms with Gasteiger partial charge in [0.25, 0.3) is 0 Å². The quantitative estimate of drug-likeness (QED) is 0.819. The molecular weight excluding hydrogens is 290 g/mol. The van der Waals surface area contributed by atoms with E-state index >= 15 is 0 Å². The van der Waals surface area contributed by atoms with Gasteiger partial charge in [-0.15, -0.1) is 0 Å². The first kappa shape index (κ1) is 16.0. The van der Waals surface area contributed by atoms with E-state index in [1.807, 2.05) is 0 Å². The molecule has 0 radical (unpaired) electrons. The molecule has 21 heavy (non-hydrogen) atoms. The van der Waals surface area contributed by atoms with E-state index in [1.54, 1.807) is 13.0 Å². The van der Waals surface area contributed by atoms with E-state index in [0.717, 1.165) is 25.7 Å². The molecule has 6 heteroatoms. The van der Waals surface area contributed by atoms with Gasteiger partial charge in [0, 0.05) is 18.0 Å². The van der Waals surface area contributed by atoms with Crippen LogP contribution in [0.25, 0.3) is 0 Å². The van der Waals surface area contributed by atoms with Crippen molar-refractivity contribution in [2.45, 2.75) is 50.0 Å². The minimum absolute atomic E-state index is 0.0229. The molecule has 1 aliphatic rings.